The summed E-state index contributed by atoms with van der Waals surface area (Å²) in [6, 6.07) is 76.7. The minimum Gasteiger partial charge on any atom is -0.310 e. The molecular formula is C58H52N2Si2. The normalized spacial score (nSPS) is 12.0. The van der Waals surface area contributed by atoms with Crippen LogP contribution in [0.25, 0.3) is 71.6 Å². The van der Waals surface area contributed by atoms with Gasteiger partial charge in [0.25, 0.3) is 0 Å². The molecule has 1 heterocycles. The number of anilines is 3. The average Bonchev–Trinajstić information content (AvgIpc) is 3.63. The smallest absolute Gasteiger partial charge is 0.0775 e. The molecule has 0 radical (unpaired) electrons. The molecule has 4 heteroatoms. The van der Waals surface area contributed by atoms with Gasteiger partial charge in [-0.2, -0.15) is 0 Å². The highest BCUT2D eigenvalue weighted by atomic mass is 28.3. The zero-order valence-corrected chi connectivity index (χ0v) is 38.5. The van der Waals surface area contributed by atoms with Crippen LogP contribution in [0, 0.1) is 0 Å². The SMILES string of the molecule is C[Si](C)(C)c1ccc(-c2ccc(N(c3ccc(-c4ccccc4)cc3)c3cccc4c(-c5ccc6c(c5)c5ccccc5n6-c5ccc([Si](C)(C)C)cc5)cccc34)cc2)cc1. The van der Waals surface area contributed by atoms with Crippen molar-refractivity contribution in [2.75, 3.05) is 4.90 Å². The lowest BCUT2D eigenvalue weighted by Gasteiger charge is -2.27. The van der Waals surface area contributed by atoms with Gasteiger partial charge in [-0.15, -0.1) is 0 Å². The zero-order valence-electron chi connectivity index (χ0n) is 36.5. The molecule has 0 aliphatic heterocycles. The number of aromatic nitrogens is 1. The molecule has 0 amide bonds. The Morgan fingerprint density at radius 1 is 0.339 bits per heavy atom. The van der Waals surface area contributed by atoms with Gasteiger partial charge >= 0.3 is 0 Å². The fourth-order valence-corrected chi connectivity index (χ4v) is 11.4. The van der Waals surface area contributed by atoms with E-state index in [-0.39, 0.29) is 0 Å². The van der Waals surface area contributed by atoms with Crippen LogP contribution >= 0.6 is 0 Å². The van der Waals surface area contributed by atoms with E-state index in [1.54, 1.807) is 0 Å². The van der Waals surface area contributed by atoms with Gasteiger partial charge in [-0.3, -0.25) is 0 Å². The molecule has 0 saturated carbocycles. The van der Waals surface area contributed by atoms with Crippen LogP contribution in [0.3, 0.4) is 0 Å². The third kappa shape index (κ3) is 7.29. The van der Waals surface area contributed by atoms with E-state index < -0.39 is 16.1 Å². The monoisotopic (exact) mass is 832 g/mol. The number of benzene rings is 9. The molecule has 62 heavy (non-hydrogen) atoms. The van der Waals surface area contributed by atoms with E-state index in [0.29, 0.717) is 0 Å². The zero-order chi connectivity index (χ0) is 42.6. The predicted octanol–water partition coefficient (Wildman–Crippen LogP) is 15.5. The van der Waals surface area contributed by atoms with Crippen molar-refractivity contribution in [3.8, 4) is 39.1 Å². The van der Waals surface area contributed by atoms with E-state index in [1.807, 2.05) is 0 Å². The first-order chi connectivity index (χ1) is 30.0. The third-order valence-corrected chi connectivity index (χ3v) is 16.7. The summed E-state index contributed by atoms with van der Waals surface area (Å²) in [6.45, 7) is 14.4. The highest BCUT2D eigenvalue weighted by Crippen LogP contribution is 2.43. The molecule has 0 aliphatic carbocycles. The number of hydrogen-bond donors (Lipinski definition) is 0. The van der Waals surface area contributed by atoms with E-state index in [9.17, 15) is 0 Å². The second-order valence-corrected chi connectivity index (χ2v) is 28.8. The Hall–Kier alpha value is -6.73. The van der Waals surface area contributed by atoms with E-state index >= 15 is 0 Å². The van der Waals surface area contributed by atoms with Crippen molar-refractivity contribution in [2.45, 2.75) is 39.3 Å². The molecule has 0 aliphatic rings. The fraction of sp³-hybridized carbons (Fsp3) is 0.103. The van der Waals surface area contributed by atoms with E-state index in [0.717, 1.165) is 17.1 Å². The van der Waals surface area contributed by atoms with Gasteiger partial charge in [0, 0.05) is 33.2 Å². The van der Waals surface area contributed by atoms with Gasteiger partial charge in [0.15, 0.2) is 0 Å². The van der Waals surface area contributed by atoms with Gasteiger partial charge in [0.1, 0.15) is 0 Å². The molecule has 0 N–H and O–H groups in total. The van der Waals surface area contributed by atoms with Crippen molar-refractivity contribution >= 4 is 76.2 Å². The lowest BCUT2D eigenvalue weighted by molar-refractivity contribution is 1.18. The Morgan fingerprint density at radius 2 is 0.806 bits per heavy atom. The minimum absolute atomic E-state index is 1.11. The molecule has 0 bridgehead atoms. The fourth-order valence-electron chi connectivity index (χ4n) is 9.10. The van der Waals surface area contributed by atoms with Crippen LogP contribution in [-0.2, 0) is 0 Å². The predicted molar refractivity (Wildman–Crippen MR) is 275 cm³/mol. The summed E-state index contributed by atoms with van der Waals surface area (Å²) in [7, 11) is -2.79. The van der Waals surface area contributed by atoms with Crippen LogP contribution in [0.1, 0.15) is 0 Å². The Morgan fingerprint density at radius 3 is 1.42 bits per heavy atom. The van der Waals surface area contributed by atoms with Crippen molar-refractivity contribution in [1.82, 2.24) is 4.57 Å². The summed E-state index contributed by atoms with van der Waals surface area (Å²) >= 11 is 0. The molecule has 2 nitrogen and oxygen atoms in total. The summed E-state index contributed by atoms with van der Waals surface area (Å²) in [4.78, 5) is 2.42. The number of para-hydroxylation sites is 1. The molecular weight excluding hydrogens is 781 g/mol. The first kappa shape index (κ1) is 39.4. The van der Waals surface area contributed by atoms with Crippen LogP contribution in [0.15, 0.2) is 206 Å². The van der Waals surface area contributed by atoms with Gasteiger partial charge < -0.3 is 9.47 Å². The van der Waals surface area contributed by atoms with Crippen molar-refractivity contribution < 1.29 is 0 Å². The van der Waals surface area contributed by atoms with Crippen LogP contribution in [-0.4, -0.2) is 20.7 Å². The largest absolute Gasteiger partial charge is 0.310 e. The van der Waals surface area contributed by atoms with Crippen LogP contribution in [0.4, 0.5) is 17.1 Å². The molecule has 9 aromatic carbocycles. The van der Waals surface area contributed by atoms with Crippen LogP contribution in [0.5, 0.6) is 0 Å². The highest BCUT2D eigenvalue weighted by molar-refractivity contribution is 6.89. The second kappa shape index (κ2) is 15.6. The topological polar surface area (TPSA) is 8.17 Å². The Labute approximate surface area is 368 Å². The molecule has 0 unspecified atom stereocenters. The van der Waals surface area contributed by atoms with Crippen LogP contribution < -0.4 is 15.3 Å². The maximum atomic E-state index is 2.43. The summed E-state index contributed by atoms with van der Waals surface area (Å²) in [5.41, 5.74) is 14.3. The van der Waals surface area contributed by atoms with Gasteiger partial charge in [0.2, 0.25) is 0 Å². The number of fused-ring (bicyclic) bond motifs is 4. The van der Waals surface area contributed by atoms with Crippen molar-refractivity contribution in [3.63, 3.8) is 0 Å². The Bertz CT molecular complexity index is 3210. The van der Waals surface area contributed by atoms with Crippen molar-refractivity contribution in [2.24, 2.45) is 0 Å². The molecule has 0 saturated heterocycles. The Balaban J connectivity index is 1.09. The van der Waals surface area contributed by atoms with Gasteiger partial charge in [-0.05, 0) is 99.4 Å². The van der Waals surface area contributed by atoms with Gasteiger partial charge in [-0.1, -0.05) is 195 Å². The first-order valence-corrected chi connectivity index (χ1v) is 28.8. The summed E-state index contributed by atoms with van der Waals surface area (Å²) < 4.78 is 2.43. The van der Waals surface area contributed by atoms with Gasteiger partial charge in [0.05, 0.1) is 32.9 Å². The maximum Gasteiger partial charge on any atom is 0.0775 e. The number of rotatable bonds is 9. The number of nitrogens with zero attached hydrogens (tertiary/aromatic N) is 2. The second-order valence-electron chi connectivity index (χ2n) is 18.7. The minimum atomic E-state index is -1.41. The maximum absolute atomic E-state index is 2.43. The molecule has 0 spiro atoms. The van der Waals surface area contributed by atoms with Crippen molar-refractivity contribution in [3.05, 3.63) is 206 Å². The van der Waals surface area contributed by atoms with Gasteiger partial charge in [-0.25, -0.2) is 0 Å². The lowest BCUT2D eigenvalue weighted by Crippen LogP contribution is -2.37. The average molecular weight is 833 g/mol. The molecule has 10 rings (SSSR count). The molecule has 302 valence electrons. The highest BCUT2D eigenvalue weighted by Gasteiger charge is 2.21. The lowest BCUT2D eigenvalue weighted by atomic mass is 9.95. The first-order valence-electron chi connectivity index (χ1n) is 21.8. The quantitative estimate of drug-likeness (QED) is 0.132. The van der Waals surface area contributed by atoms with Crippen molar-refractivity contribution in [1.29, 1.82) is 0 Å². The standard InChI is InChI=1S/C58H52N2Si2/c1-61(2,3)49-35-26-44(27-36-49)43-24-31-47(32-25-43)59(46-29-22-42(23-30-46)41-14-8-7-9-15-41)56-21-13-18-52-51(17-12-19-53(52)56)45-28-39-58-55(40-45)54-16-10-11-20-57(54)60(58)48-33-37-50(38-34-48)62(4,5)6/h7-40H,1-6H3. The van der Waals surface area contributed by atoms with E-state index in [2.05, 4.69) is 255 Å². The summed E-state index contributed by atoms with van der Waals surface area (Å²) in [5.74, 6) is 0. The Kier molecular flexibility index (Phi) is 9.94. The molecule has 1 aromatic heterocycles. The summed E-state index contributed by atoms with van der Waals surface area (Å²) in [5, 5.41) is 7.90. The molecule has 0 fully saturated rings. The number of hydrogen-bond acceptors (Lipinski definition) is 1. The van der Waals surface area contributed by atoms with Crippen LogP contribution in [0.2, 0.25) is 39.3 Å². The molecule has 10 aromatic rings. The third-order valence-electron chi connectivity index (χ3n) is 12.6. The molecule has 0 atom stereocenters. The summed E-state index contributed by atoms with van der Waals surface area (Å²) in [6.07, 6.45) is 0. The van der Waals surface area contributed by atoms with E-state index in [4.69, 9.17) is 0 Å². The van der Waals surface area contributed by atoms with E-state index in [1.165, 1.54) is 82.0 Å².